The fourth-order valence-electron chi connectivity index (χ4n) is 4.30. The highest BCUT2D eigenvalue weighted by Crippen LogP contribution is 2.67. The maximum absolute atomic E-state index is 14.2. The van der Waals surface area contributed by atoms with E-state index in [9.17, 15) is 14.3 Å². The van der Waals surface area contributed by atoms with Crippen molar-refractivity contribution in [3.05, 3.63) is 65.5 Å². The van der Waals surface area contributed by atoms with E-state index in [0.29, 0.717) is 24.8 Å². The van der Waals surface area contributed by atoms with Crippen molar-refractivity contribution in [3.63, 3.8) is 0 Å². The predicted molar refractivity (Wildman–Crippen MR) is 104 cm³/mol. The smallest absolute Gasteiger partial charge is 0.224 e. The Balaban J connectivity index is 1.87. The number of carbonyl (C=O) groups is 1. The monoisotopic (exact) mass is 370 g/mol. The molecule has 5 heteroatoms. The van der Waals surface area contributed by atoms with E-state index < -0.39 is 11.2 Å². The first-order valence-corrected chi connectivity index (χ1v) is 9.19. The van der Waals surface area contributed by atoms with Gasteiger partial charge in [-0.25, -0.2) is 4.39 Å². The summed E-state index contributed by atoms with van der Waals surface area (Å²) in [5.41, 5.74) is 6.56. The number of amides is 1. The third-order valence-electron chi connectivity index (χ3n) is 6.28. The van der Waals surface area contributed by atoms with E-state index >= 15 is 0 Å². The molecule has 1 saturated carbocycles. The Morgan fingerprint density at radius 3 is 2.48 bits per heavy atom. The lowest BCUT2D eigenvalue weighted by molar-refractivity contribution is -0.124. The third kappa shape index (κ3) is 3.44. The Hall–Kier alpha value is -2.40. The van der Waals surface area contributed by atoms with Crippen molar-refractivity contribution >= 4 is 5.91 Å². The minimum absolute atomic E-state index is 0.0536. The molecule has 0 radical (unpaired) electrons. The van der Waals surface area contributed by atoms with Gasteiger partial charge in [-0.1, -0.05) is 43.3 Å². The Morgan fingerprint density at radius 2 is 1.93 bits per heavy atom. The van der Waals surface area contributed by atoms with Crippen LogP contribution in [0.4, 0.5) is 4.39 Å². The lowest BCUT2D eigenvalue weighted by Crippen LogP contribution is -2.40. The van der Waals surface area contributed by atoms with Gasteiger partial charge in [0.2, 0.25) is 5.91 Å². The lowest BCUT2D eigenvalue weighted by Gasteiger charge is -2.30. The van der Waals surface area contributed by atoms with Crippen molar-refractivity contribution < 1.29 is 14.3 Å². The van der Waals surface area contributed by atoms with Crippen LogP contribution in [0.2, 0.25) is 0 Å². The summed E-state index contributed by atoms with van der Waals surface area (Å²) in [5, 5.41) is 9.43. The average Bonchev–Trinajstić information content (AvgIpc) is 3.24. The van der Waals surface area contributed by atoms with E-state index in [1.165, 1.54) is 6.07 Å². The molecule has 0 aromatic heterocycles. The molecule has 3 atom stereocenters. The molecule has 3 rings (SSSR count). The summed E-state index contributed by atoms with van der Waals surface area (Å²) in [6, 6.07) is 14.1. The molecule has 1 amide bonds. The first-order valence-electron chi connectivity index (χ1n) is 9.19. The highest BCUT2D eigenvalue weighted by Gasteiger charge is 2.69. The number of nitrogens with two attached hydrogens (primary N) is 1. The summed E-state index contributed by atoms with van der Waals surface area (Å²) in [7, 11) is 3.86. The fraction of sp³-hybridized carbons (Fsp3) is 0.409. The van der Waals surface area contributed by atoms with Gasteiger partial charge in [0, 0.05) is 17.5 Å². The molecule has 2 unspecified atom stereocenters. The van der Waals surface area contributed by atoms with Crippen molar-refractivity contribution in [2.24, 2.45) is 11.1 Å². The molecule has 3 N–H and O–H groups in total. The van der Waals surface area contributed by atoms with Crippen LogP contribution in [0.5, 0.6) is 5.75 Å². The molecule has 0 aliphatic heterocycles. The van der Waals surface area contributed by atoms with Gasteiger partial charge in [-0.3, -0.25) is 4.79 Å². The number of phenols is 1. The van der Waals surface area contributed by atoms with E-state index in [2.05, 4.69) is 6.92 Å². The van der Waals surface area contributed by atoms with E-state index in [1.807, 2.05) is 49.3 Å². The van der Waals surface area contributed by atoms with Crippen LogP contribution in [-0.2, 0) is 16.6 Å². The standard InChI is InChI=1S/C22H27FN2O2/c1-21(16-7-5-4-6-8-16)14-22(21,20(24)27)13-17(25(2)3)11-15-9-10-18(26)12-19(15)23/h4-10,12,17,26H,11,13-14H2,1-3H3,(H2,24,27)/t17-,21?,22?/m1/s1. The molecule has 2 aromatic carbocycles. The molecular formula is C22H27FN2O2. The number of primary amides is 1. The zero-order valence-electron chi connectivity index (χ0n) is 16.1. The van der Waals surface area contributed by atoms with Crippen molar-refractivity contribution in [1.29, 1.82) is 0 Å². The van der Waals surface area contributed by atoms with Crippen LogP contribution in [0.1, 0.15) is 30.9 Å². The third-order valence-corrected chi connectivity index (χ3v) is 6.28. The summed E-state index contributed by atoms with van der Waals surface area (Å²) in [6.45, 7) is 2.08. The molecule has 0 spiro atoms. The minimum Gasteiger partial charge on any atom is -0.508 e. The van der Waals surface area contributed by atoms with E-state index in [1.54, 1.807) is 6.07 Å². The molecule has 144 valence electrons. The summed E-state index contributed by atoms with van der Waals surface area (Å²) in [4.78, 5) is 14.5. The normalized spacial score (nSPS) is 25.4. The highest BCUT2D eigenvalue weighted by atomic mass is 19.1. The highest BCUT2D eigenvalue weighted by molar-refractivity contribution is 5.87. The molecule has 1 aliphatic rings. The van der Waals surface area contributed by atoms with Crippen molar-refractivity contribution in [2.45, 2.75) is 37.6 Å². The van der Waals surface area contributed by atoms with Crippen molar-refractivity contribution in [2.75, 3.05) is 14.1 Å². The number of aromatic hydroxyl groups is 1. The van der Waals surface area contributed by atoms with Crippen LogP contribution in [0.25, 0.3) is 0 Å². The molecule has 0 heterocycles. The van der Waals surface area contributed by atoms with Crippen LogP contribution in [0, 0.1) is 11.2 Å². The second-order valence-electron chi connectivity index (χ2n) is 8.12. The number of benzene rings is 2. The first-order chi connectivity index (χ1) is 12.7. The minimum atomic E-state index is -0.642. The van der Waals surface area contributed by atoms with Crippen LogP contribution in [0.3, 0.4) is 0 Å². The van der Waals surface area contributed by atoms with Crippen LogP contribution in [0.15, 0.2) is 48.5 Å². The quantitative estimate of drug-likeness (QED) is 0.786. The van der Waals surface area contributed by atoms with Gasteiger partial charge in [0.15, 0.2) is 0 Å². The Morgan fingerprint density at radius 1 is 1.26 bits per heavy atom. The molecule has 0 saturated heterocycles. The SMILES string of the molecule is CN(C)[C@H](Cc1ccc(O)cc1F)CC1(C(N)=O)CC1(C)c1ccccc1. The number of halogens is 1. The predicted octanol–water partition coefficient (Wildman–Crippen LogP) is 3.23. The molecule has 27 heavy (non-hydrogen) atoms. The number of hydrogen-bond acceptors (Lipinski definition) is 3. The van der Waals surface area contributed by atoms with Crippen molar-refractivity contribution in [3.8, 4) is 5.75 Å². The Labute approximate surface area is 159 Å². The Bertz CT molecular complexity index is 839. The number of likely N-dealkylation sites (N-methyl/N-ethyl adjacent to an activating group) is 1. The van der Waals surface area contributed by atoms with Crippen molar-refractivity contribution in [1.82, 2.24) is 4.90 Å². The van der Waals surface area contributed by atoms with Gasteiger partial charge in [-0.2, -0.15) is 0 Å². The molecular weight excluding hydrogens is 343 g/mol. The summed E-state index contributed by atoms with van der Waals surface area (Å²) in [5.74, 6) is -0.825. The molecule has 1 aliphatic carbocycles. The van der Waals surface area contributed by atoms with E-state index in [0.717, 1.165) is 11.6 Å². The zero-order chi connectivity index (χ0) is 19.8. The van der Waals surface area contributed by atoms with Gasteiger partial charge in [0.1, 0.15) is 11.6 Å². The largest absolute Gasteiger partial charge is 0.508 e. The van der Waals surface area contributed by atoms with Gasteiger partial charge in [0.25, 0.3) is 0 Å². The lowest BCUT2D eigenvalue weighted by atomic mass is 9.81. The average molecular weight is 370 g/mol. The van der Waals surface area contributed by atoms with Gasteiger partial charge in [-0.05, 0) is 50.6 Å². The number of rotatable bonds is 7. The maximum Gasteiger partial charge on any atom is 0.224 e. The van der Waals surface area contributed by atoms with Crippen LogP contribution >= 0.6 is 0 Å². The second-order valence-corrected chi connectivity index (χ2v) is 8.12. The van der Waals surface area contributed by atoms with Crippen LogP contribution in [-0.4, -0.2) is 36.1 Å². The number of hydrogen-bond donors (Lipinski definition) is 2. The van der Waals surface area contributed by atoms with Gasteiger partial charge in [0.05, 0.1) is 5.41 Å². The zero-order valence-corrected chi connectivity index (χ0v) is 16.1. The summed E-state index contributed by atoms with van der Waals surface area (Å²) < 4.78 is 14.2. The van der Waals surface area contributed by atoms with Gasteiger partial charge >= 0.3 is 0 Å². The summed E-state index contributed by atoms with van der Waals surface area (Å²) >= 11 is 0. The van der Waals surface area contributed by atoms with Gasteiger partial charge < -0.3 is 15.7 Å². The van der Waals surface area contributed by atoms with E-state index in [4.69, 9.17) is 5.73 Å². The number of nitrogens with zero attached hydrogens (tertiary/aromatic N) is 1. The fourth-order valence-corrected chi connectivity index (χ4v) is 4.30. The molecule has 4 nitrogen and oxygen atoms in total. The maximum atomic E-state index is 14.2. The molecule has 0 bridgehead atoms. The Kier molecular flexibility index (Phi) is 5.00. The topological polar surface area (TPSA) is 66.6 Å². The summed E-state index contributed by atoms with van der Waals surface area (Å²) in [6.07, 6.45) is 1.70. The van der Waals surface area contributed by atoms with Gasteiger partial charge in [-0.15, -0.1) is 0 Å². The second kappa shape index (κ2) is 6.97. The number of carbonyl (C=O) groups excluding carboxylic acids is 1. The first kappa shape index (κ1) is 19.4. The van der Waals surface area contributed by atoms with Crippen LogP contribution < -0.4 is 5.73 Å². The molecule has 1 fully saturated rings. The number of phenolic OH excluding ortho intramolecular Hbond substituents is 1. The molecule has 2 aromatic rings. The van der Waals surface area contributed by atoms with E-state index in [-0.39, 0.29) is 23.1 Å².